The Morgan fingerprint density at radius 1 is 1.21 bits per heavy atom. The van der Waals surface area contributed by atoms with E-state index < -0.39 is 0 Å². The van der Waals surface area contributed by atoms with Gasteiger partial charge in [0.1, 0.15) is 0 Å². The van der Waals surface area contributed by atoms with Crippen LogP contribution in [-0.2, 0) is 12.8 Å². The SMILES string of the molecule is C=CC=c1c(CCc2ccc(C(=C)C)nc2)cc(C=O)c(N=CN(C)C2CCCCC2)c1=CC. The van der Waals surface area contributed by atoms with Crippen molar-refractivity contribution < 1.29 is 4.79 Å². The summed E-state index contributed by atoms with van der Waals surface area (Å²) in [5.41, 5.74) is 5.48. The number of aromatic nitrogens is 1. The number of aryl methyl sites for hydroxylation is 2. The van der Waals surface area contributed by atoms with Crippen LogP contribution in [0.3, 0.4) is 0 Å². The predicted molar refractivity (Wildman–Crippen MR) is 145 cm³/mol. The summed E-state index contributed by atoms with van der Waals surface area (Å²) in [6, 6.07) is 6.62. The van der Waals surface area contributed by atoms with Gasteiger partial charge in [0.15, 0.2) is 6.29 Å². The first kappa shape index (κ1) is 25.4. The first-order valence-corrected chi connectivity index (χ1v) is 12.3. The second kappa shape index (κ2) is 12.3. The van der Waals surface area contributed by atoms with Gasteiger partial charge >= 0.3 is 0 Å². The highest BCUT2D eigenvalue weighted by molar-refractivity contribution is 5.85. The molecule has 1 saturated carbocycles. The number of nitrogens with zero attached hydrogens (tertiary/aromatic N) is 3. The molecule has 0 saturated heterocycles. The summed E-state index contributed by atoms with van der Waals surface area (Å²) in [6.45, 7) is 11.8. The maximum absolute atomic E-state index is 12.1. The number of aldehydes is 1. The zero-order valence-electron chi connectivity index (χ0n) is 20.9. The van der Waals surface area contributed by atoms with E-state index in [9.17, 15) is 4.79 Å². The Kier molecular flexibility index (Phi) is 9.15. The lowest BCUT2D eigenvalue weighted by molar-refractivity contribution is 0.112. The standard InChI is InChI=1S/C30H37N3O/c1-6-11-28-24(16-14-23-15-17-29(22(3)4)31-19-23)18-25(20-34)30(27(28)7-2)32-21-33(5)26-12-9-8-10-13-26/h6-7,11,15,17-21,26H,1,3,8-10,12-14,16H2,2,4-5H3. The third kappa shape index (κ3) is 6.19. The van der Waals surface area contributed by atoms with Crippen molar-refractivity contribution in [3.05, 3.63) is 76.5 Å². The van der Waals surface area contributed by atoms with Gasteiger partial charge in [-0.2, -0.15) is 0 Å². The summed E-state index contributed by atoms with van der Waals surface area (Å²) < 4.78 is 0. The first-order chi connectivity index (χ1) is 16.5. The molecular weight excluding hydrogens is 418 g/mol. The third-order valence-electron chi connectivity index (χ3n) is 6.66. The van der Waals surface area contributed by atoms with Crippen LogP contribution in [0.1, 0.15) is 73.1 Å². The van der Waals surface area contributed by atoms with E-state index in [1.54, 1.807) is 6.08 Å². The second-order valence-electron chi connectivity index (χ2n) is 9.14. The Balaban J connectivity index is 1.94. The van der Waals surface area contributed by atoms with Crippen LogP contribution in [0.4, 0.5) is 5.69 Å². The highest BCUT2D eigenvalue weighted by atomic mass is 16.1. The number of carbonyl (C=O) groups excluding carboxylic acids is 1. The van der Waals surface area contributed by atoms with Crippen molar-refractivity contribution in [2.75, 3.05) is 7.05 Å². The van der Waals surface area contributed by atoms with Crippen molar-refractivity contribution in [2.24, 2.45) is 4.99 Å². The molecule has 0 spiro atoms. The Labute approximate surface area is 204 Å². The number of aliphatic imine (C=N–C) groups is 1. The fourth-order valence-electron chi connectivity index (χ4n) is 4.67. The molecule has 0 atom stereocenters. The third-order valence-corrected chi connectivity index (χ3v) is 6.66. The number of rotatable bonds is 9. The Hall–Kier alpha value is -3.27. The molecule has 1 aliphatic carbocycles. The number of hydrogen-bond donors (Lipinski definition) is 0. The van der Waals surface area contributed by atoms with E-state index in [-0.39, 0.29) is 0 Å². The molecule has 1 aliphatic rings. The summed E-state index contributed by atoms with van der Waals surface area (Å²) in [5, 5.41) is 2.05. The quantitative estimate of drug-likeness (QED) is 0.289. The van der Waals surface area contributed by atoms with Crippen LogP contribution >= 0.6 is 0 Å². The molecule has 0 unspecified atom stereocenters. The van der Waals surface area contributed by atoms with Crippen LogP contribution in [0, 0.1) is 0 Å². The van der Waals surface area contributed by atoms with Gasteiger partial charge in [-0.05, 0) is 73.6 Å². The summed E-state index contributed by atoms with van der Waals surface area (Å²) in [5.74, 6) is 0. The van der Waals surface area contributed by atoms with Crippen LogP contribution < -0.4 is 10.4 Å². The van der Waals surface area contributed by atoms with Gasteiger partial charge in [-0.3, -0.25) is 9.78 Å². The molecule has 0 N–H and O–H groups in total. The van der Waals surface area contributed by atoms with Crippen molar-refractivity contribution in [3.8, 4) is 0 Å². The molecule has 3 rings (SSSR count). The molecule has 2 aromatic rings. The molecule has 4 heteroatoms. The zero-order chi connectivity index (χ0) is 24.5. The van der Waals surface area contributed by atoms with Crippen molar-refractivity contribution >= 4 is 36.0 Å². The van der Waals surface area contributed by atoms with E-state index in [0.29, 0.717) is 11.6 Å². The number of pyridine rings is 1. The van der Waals surface area contributed by atoms with Gasteiger partial charge < -0.3 is 4.90 Å². The molecule has 0 bridgehead atoms. The van der Waals surface area contributed by atoms with E-state index in [1.165, 1.54) is 32.1 Å². The predicted octanol–water partition coefficient (Wildman–Crippen LogP) is 5.40. The summed E-state index contributed by atoms with van der Waals surface area (Å²) in [4.78, 5) is 23.6. The van der Waals surface area contributed by atoms with Gasteiger partial charge in [0.25, 0.3) is 0 Å². The average molecular weight is 456 g/mol. The topological polar surface area (TPSA) is 45.6 Å². The maximum Gasteiger partial charge on any atom is 0.152 e. The van der Waals surface area contributed by atoms with Crippen LogP contribution in [0.5, 0.6) is 0 Å². The first-order valence-electron chi connectivity index (χ1n) is 12.3. The molecule has 178 valence electrons. The van der Waals surface area contributed by atoms with Crippen LogP contribution in [0.2, 0.25) is 0 Å². The van der Waals surface area contributed by atoms with Gasteiger partial charge in [-0.15, -0.1) is 0 Å². The molecule has 0 amide bonds. The Morgan fingerprint density at radius 2 is 1.97 bits per heavy atom. The van der Waals surface area contributed by atoms with Crippen LogP contribution in [0.15, 0.2) is 48.6 Å². The van der Waals surface area contributed by atoms with Crippen molar-refractivity contribution in [3.63, 3.8) is 0 Å². The molecule has 0 radical (unpaired) electrons. The monoisotopic (exact) mass is 455 g/mol. The normalized spacial score (nSPS) is 15.6. The van der Waals surface area contributed by atoms with Crippen LogP contribution in [-0.4, -0.2) is 35.6 Å². The minimum atomic E-state index is 0.523. The number of hydrogen-bond acceptors (Lipinski definition) is 3. The van der Waals surface area contributed by atoms with Crippen molar-refractivity contribution in [1.29, 1.82) is 0 Å². The lowest BCUT2D eigenvalue weighted by Crippen LogP contribution is -2.33. The van der Waals surface area contributed by atoms with Gasteiger partial charge in [0.05, 0.1) is 17.7 Å². The van der Waals surface area contributed by atoms with E-state index in [0.717, 1.165) is 57.6 Å². The molecule has 0 aliphatic heterocycles. The summed E-state index contributed by atoms with van der Waals surface area (Å²) >= 11 is 0. The molecule has 1 aromatic carbocycles. The maximum atomic E-state index is 12.1. The minimum absolute atomic E-state index is 0.523. The molecule has 1 aromatic heterocycles. The van der Waals surface area contributed by atoms with Gasteiger partial charge in [-0.1, -0.05) is 56.7 Å². The fraction of sp³-hybridized carbons (Fsp3) is 0.367. The summed E-state index contributed by atoms with van der Waals surface area (Å²) in [7, 11) is 2.09. The van der Waals surface area contributed by atoms with E-state index >= 15 is 0 Å². The van der Waals surface area contributed by atoms with Gasteiger partial charge in [-0.25, -0.2) is 4.99 Å². The smallest absolute Gasteiger partial charge is 0.152 e. The zero-order valence-corrected chi connectivity index (χ0v) is 20.9. The highest BCUT2D eigenvalue weighted by Gasteiger charge is 2.16. The molecule has 34 heavy (non-hydrogen) atoms. The Morgan fingerprint density at radius 3 is 2.56 bits per heavy atom. The van der Waals surface area contributed by atoms with Gasteiger partial charge in [0, 0.05) is 30.1 Å². The number of benzene rings is 1. The van der Waals surface area contributed by atoms with Crippen molar-refractivity contribution in [2.45, 2.75) is 64.8 Å². The molecule has 4 nitrogen and oxygen atoms in total. The minimum Gasteiger partial charge on any atom is -0.363 e. The van der Waals surface area contributed by atoms with Crippen molar-refractivity contribution in [1.82, 2.24) is 9.88 Å². The van der Waals surface area contributed by atoms with E-state index in [2.05, 4.69) is 36.2 Å². The lowest BCUT2D eigenvalue weighted by atomic mass is 9.95. The highest BCUT2D eigenvalue weighted by Crippen LogP contribution is 2.21. The molecular formula is C30H37N3O. The molecule has 1 heterocycles. The number of carbonyl (C=O) groups is 1. The fourth-order valence-corrected chi connectivity index (χ4v) is 4.67. The summed E-state index contributed by atoms with van der Waals surface area (Å²) in [6.07, 6.45) is 18.5. The van der Waals surface area contributed by atoms with E-state index in [1.807, 2.05) is 50.7 Å². The second-order valence-corrected chi connectivity index (χ2v) is 9.14. The van der Waals surface area contributed by atoms with Crippen LogP contribution in [0.25, 0.3) is 17.7 Å². The Bertz CT molecular complexity index is 1170. The van der Waals surface area contributed by atoms with Gasteiger partial charge in [0.2, 0.25) is 0 Å². The number of allylic oxidation sites excluding steroid dienone is 2. The average Bonchev–Trinajstić information content (AvgIpc) is 2.87. The largest absolute Gasteiger partial charge is 0.363 e. The van der Waals surface area contributed by atoms with E-state index in [4.69, 9.17) is 4.99 Å². The molecule has 1 fully saturated rings. The lowest BCUT2D eigenvalue weighted by Gasteiger charge is -2.29.